The van der Waals surface area contributed by atoms with E-state index in [0.29, 0.717) is 5.41 Å². The molecule has 2 nitrogen and oxygen atoms in total. The molecule has 0 aromatic heterocycles. The van der Waals surface area contributed by atoms with E-state index in [0.717, 1.165) is 19.4 Å². The monoisotopic (exact) mass is 158 g/mol. The molecule has 0 saturated carbocycles. The SMILES string of the molecule is CC(C)(C)CCC1(CO)CO1. The summed E-state index contributed by atoms with van der Waals surface area (Å²) >= 11 is 0. The first-order valence-electron chi connectivity index (χ1n) is 4.22. The zero-order chi connectivity index (χ0) is 8.54. The fraction of sp³-hybridized carbons (Fsp3) is 1.00. The number of epoxide rings is 1. The van der Waals surface area contributed by atoms with E-state index in [9.17, 15) is 0 Å². The van der Waals surface area contributed by atoms with Crippen molar-refractivity contribution in [1.82, 2.24) is 0 Å². The molecule has 1 unspecified atom stereocenters. The number of ether oxygens (including phenoxy) is 1. The largest absolute Gasteiger partial charge is 0.393 e. The molecule has 1 atom stereocenters. The molecular weight excluding hydrogens is 140 g/mol. The van der Waals surface area contributed by atoms with Gasteiger partial charge in [0.2, 0.25) is 0 Å². The quantitative estimate of drug-likeness (QED) is 0.632. The second-order valence-electron chi connectivity index (χ2n) is 4.69. The first kappa shape index (κ1) is 9.01. The molecule has 0 aromatic carbocycles. The van der Waals surface area contributed by atoms with Crippen molar-refractivity contribution < 1.29 is 9.84 Å². The Balaban J connectivity index is 2.22. The molecule has 0 amide bonds. The van der Waals surface area contributed by atoms with Crippen LogP contribution in [0.2, 0.25) is 0 Å². The molecule has 1 saturated heterocycles. The molecule has 2 heteroatoms. The van der Waals surface area contributed by atoms with Gasteiger partial charge in [0.05, 0.1) is 13.2 Å². The molecule has 1 aliphatic heterocycles. The fourth-order valence-corrected chi connectivity index (χ4v) is 1.02. The van der Waals surface area contributed by atoms with E-state index in [1.54, 1.807) is 0 Å². The van der Waals surface area contributed by atoms with E-state index in [-0.39, 0.29) is 12.2 Å². The maximum absolute atomic E-state index is 8.93. The highest BCUT2D eigenvalue weighted by Crippen LogP contribution is 2.35. The van der Waals surface area contributed by atoms with E-state index < -0.39 is 0 Å². The number of aliphatic hydroxyl groups excluding tert-OH is 1. The van der Waals surface area contributed by atoms with Crippen molar-refractivity contribution >= 4 is 0 Å². The van der Waals surface area contributed by atoms with Gasteiger partial charge in [-0.2, -0.15) is 0 Å². The molecular formula is C9H18O2. The summed E-state index contributed by atoms with van der Waals surface area (Å²) in [6.45, 7) is 7.56. The zero-order valence-corrected chi connectivity index (χ0v) is 7.68. The highest BCUT2D eigenvalue weighted by molar-refractivity contribution is 4.92. The van der Waals surface area contributed by atoms with Gasteiger partial charge in [-0.3, -0.25) is 0 Å². The van der Waals surface area contributed by atoms with Gasteiger partial charge < -0.3 is 9.84 Å². The maximum Gasteiger partial charge on any atom is 0.115 e. The van der Waals surface area contributed by atoms with E-state index in [1.807, 2.05) is 0 Å². The fourth-order valence-electron chi connectivity index (χ4n) is 1.02. The second-order valence-corrected chi connectivity index (χ2v) is 4.69. The maximum atomic E-state index is 8.93. The third-order valence-corrected chi connectivity index (χ3v) is 2.17. The van der Waals surface area contributed by atoms with Crippen LogP contribution in [0.25, 0.3) is 0 Å². The zero-order valence-electron chi connectivity index (χ0n) is 7.68. The van der Waals surface area contributed by atoms with Crippen LogP contribution in [0.5, 0.6) is 0 Å². The first-order chi connectivity index (χ1) is 4.97. The van der Waals surface area contributed by atoms with Crippen LogP contribution in [0.4, 0.5) is 0 Å². The van der Waals surface area contributed by atoms with Gasteiger partial charge in [-0.15, -0.1) is 0 Å². The molecule has 0 aliphatic carbocycles. The number of rotatable bonds is 3. The predicted molar refractivity (Wildman–Crippen MR) is 44.5 cm³/mol. The average molecular weight is 158 g/mol. The Morgan fingerprint density at radius 3 is 2.27 bits per heavy atom. The van der Waals surface area contributed by atoms with Crippen LogP contribution in [0, 0.1) is 5.41 Å². The molecule has 1 rings (SSSR count). The van der Waals surface area contributed by atoms with Gasteiger partial charge in [-0.25, -0.2) is 0 Å². The van der Waals surface area contributed by atoms with Crippen LogP contribution in [-0.2, 0) is 4.74 Å². The highest BCUT2D eigenvalue weighted by atomic mass is 16.6. The third-order valence-electron chi connectivity index (χ3n) is 2.17. The van der Waals surface area contributed by atoms with Gasteiger partial charge in [0.1, 0.15) is 5.60 Å². The summed E-state index contributed by atoms with van der Waals surface area (Å²) < 4.78 is 5.19. The standard InChI is InChI=1S/C9H18O2/c1-8(2,3)4-5-9(6-10)7-11-9/h10H,4-7H2,1-3H3. The second kappa shape index (κ2) is 2.76. The lowest BCUT2D eigenvalue weighted by molar-refractivity contribution is 0.150. The predicted octanol–water partition coefficient (Wildman–Crippen LogP) is 1.57. The first-order valence-corrected chi connectivity index (χ1v) is 4.22. The molecule has 11 heavy (non-hydrogen) atoms. The van der Waals surface area contributed by atoms with Crippen LogP contribution in [0.15, 0.2) is 0 Å². The Labute approximate surface area is 68.6 Å². The molecule has 1 N–H and O–H groups in total. The number of hydrogen-bond donors (Lipinski definition) is 1. The lowest BCUT2D eigenvalue weighted by Crippen LogP contribution is -2.19. The van der Waals surface area contributed by atoms with Gasteiger partial charge in [0.15, 0.2) is 0 Å². The van der Waals surface area contributed by atoms with Gasteiger partial charge in [-0.1, -0.05) is 20.8 Å². The summed E-state index contributed by atoms with van der Waals surface area (Å²) in [5.41, 5.74) is 0.210. The summed E-state index contributed by atoms with van der Waals surface area (Å²) in [5, 5.41) is 8.93. The molecule has 1 aliphatic rings. The Morgan fingerprint density at radius 1 is 1.45 bits per heavy atom. The molecule has 0 radical (unpaired) electrons. The number of aliphatic hydroxyl groups is 1. The van der Waals surface area contributed by atoms with Crippen LogP contribution < -0.4 is 0 Å². The van der Waals surface area contributed by atoms with Crippen LogP contribution in [0.1, 0.15) is 33.6 Å². The molecule has 0 bridgehead atoms. The van der Waals surface area contributed by atoms with Crippen molar-refractivity contribution in [3.63, 3.8) is 0 Å². The van der Waals surface area contributed by atoms with Gasteiger partial charge >= 0.3 is 0 Å². The van der Waals surface area contributed by atoms with Crippen molar-refractivity contribution in [3.8, 4) is 0 Å². The topological polar surface area (TPSA) is 32.8 Å². The van der Waals surface area contributed by atoms with Crippen molar-refractivity contribution in [2.45, 2.75) is 39.2 Å². The molecule has 66 valence electrons. The van der Waals surface area contributed by atoms with E-state index in [1.165, 1.54) is 0 Å². The highest BCUT2D eigenvalue weighted by Gasteiger charge is 2.44. The molecule has 1 fully saturated rings. The minimum Gasteiger partial charge on any atom is -0.393 e. The molecule has 0 aromatic rings. The summed E-state index contributed by atoms with van der Waals surface area (Å²) in [5.74, 6) is 0. The van der Waals surface area contributed by atoms with E-state index in [4.69, 9.17) is 9.84 Å². The van der Waals surface area contributed by atoms with Gasteiger partial charge in [0, 0.05) is 0 Å². The summed E-state index contributed by atoms with van der Waals surface area (Å²) in [6, 6.07) is 0. The lowest BCUT2D eigenvalue weighted by Gasteiger charge is -2.19. The van der Waals surface area contributed by atoms with E-state index in [2.05, 4.69) is 20.8 Å². The van der Waals surface area contributed by atoms with Crippen molar-refractivity contribution in [1.29, 1.82) is 0 Å². The average Bonchev–Trinajstić information content (AvgIpc) is 2.63. The summed E-state index contributed by atoms with van der Waals surface area (Å²) in [6.07, 6.45) is 2.11. The van der Waals surface area contributed by atoms with Crippen LogP contribution >= 0.6 is 0 Å². The van der Waals surface area contributed by atoms with Crippen molar-refractivity contribution in [2.75, 3.05) is 13.2 Å². The Morgan fingerprint density at radius 2 is 2.00 bits per heavy atom. The van der Waals surface area contributed by atoms with Crippen molar-refractivity contribution in [3.05, 3.63) is 0 Å². The Kier molecular flexibility index (Phi) is 2.26. The molecule has 0 spiro atoms. The Hall–Kier alpha value is -0.0800. The third kappa shape index (κ3) is 2.80. The summed E-state index contributed by atoms with van der Waals surface area (Å²) in [4.78, 5) is 0. The van der Waals surface area contributed by atoms with Gasteiger partial charge in [-0.05, 0) is 18.3 Å². The van der Waals surface area contributed by atoms with Gasteiger partial charge in [0.25, 0.3) is 0 Å². The summed E-state index contributed by atoms with van der Waals surface area (Å²) in [7, 11) is 0. The minimum atomic E-state index is -0.146. The minimum absolute atomic E-state index is 0.146. The van der Waals surface area contributed by atoms with Crippen molar-refractivity contribution in [2.24, 2.45) is 5.41 Å². The lowest BCUT2D eigenvalue weighted by atomic mass is 9.87. The number of hydrogen-bond acceptors (Lipinski definition) is 2. The van der Waals surface area contributed by atoms with Crippen LogP contribution in [-0.4, -0.2) is 23.9 Å². The molecule has 1 heterocycles. The van der Waals surface area contributed by atoms with E-state index >= 15 is 0 Å². The normalized spacial score (nSPS) is 30.5. The van der Waals surface area contributed by atoms with Crippen LogP contribution in [0.3, 0.4) is 0 Å². The smallest absolute Gasteiger partial charge is 0.115 e. The Bertz CT molecular complexity index is 131.